The van der Waals surface area contributed by atoms with Crippen molar-refractivity contribution in [3.05, 3.63) is 35.4 Å². The summed E-state index contributed by atoms with van der Waals surface area (Å²) < 4.78 is -0.0987. The molecule has 0 aliphatic carbocycles. The van der Waals surface area contributed by atoms with Gasteiger partial charge in [0, 0.05) is 33.7 Å². The zero-order valence-electron chi connectivity index (χ0n) is 6.50. The Bertz CT molecular complexity index is 298. The highest BCUT2D eigenvalue weighted by atomic mass is 127. The Labute approximate surface area is 84.1 Å². The fraction of sp³-hybridized carbons (Fsp3) is 0.111. The fourth-order valence-electron chi connectivity index (χ4n) is 0.962. The van der Waals surface area contributed by atoms with Gasteiger partial charge in [0.2, 0.25) is 3.79 Å². The van der Waals surface area contributed by atoms with Gasteiger partial charge >= 0.3 is 0 Å². The molecule has 3 heteroatoms. The van der Waals surface area contributed by atoms with Crippen molar-refractivity contribution in [3.63, 3.8) is 0 Å². The molecule has 0 aliphatic rings. The van der Waals surface area contributed by atoms with Crippen LogP contribution in [0.2, 0.25) is 0 Å². The number of rotatable bonds is 2. The van der Waals surface area contributed by atoms with Crippen molar-refractivity contribution >= 4 is 32.2 Å². The number of carbonyl (C=O) groups is 2. The van der Waals surface area contributed by atoms with E-state index >= 15 is 0 Å². The van der Waals surface area contributed by atoms with Crippen molar-refractivity contribution in [2.75, 3.05) is 0 Å². The predicted octanol–water partition coefficient (Wildman–Crippen LogP) is 2.46. The van der Waals surface area contributed by atoms with Gasteiger partial charge in [-0.15, -0.1) is 0 Å². The second-order valence-corrected chi connectivity index (χ2v) is 3.36. The van der Waals surface area contributed by atoms with Crippen molar-refractivity contribution in [1.82, 2.24) is 0 Å². The summed E-state index contributed by atoms with van der Waals surface area (Å²) >= 11 is 1.68. The molecule has 0 spiro atoms. The molecule has 0 bridgehead atoms. The van der Waals surface area contributed by atoms with E-state index in [0.29, 0.717) is 11.1 Å². The zero-order valence-corrected chi connectivity index (χ0v) is 8.66. The third-order valence-electron chi connectivity index (χ3n) is 1.52. The third-order valence-corrected chi connectivity index (χ3v) is 2.10. The van der Waals surface area contributed by atoms with E-state index in [2.05, 4.69) is 0 Å². The summed E-state index contributed by atoms with van der Waals surface area (Å²) in [6, 6.07) is 6.82. The van der Waals surface area contributed by atoms with Crippen LogP contribution < -0.4 is 0 Å². The first-order valence-electron chi connectivity index (χ1n) is 3.42. The first-order chi connectivity index (χ1) is 5.63. The van der Waals surface area contributed by atoms with Gasteiger partial charge in [0.05, 0.1) is 0 Å². The van der Waals surface area contributed by atoms with E-state index < -0.39 is 0 Å². The normalized spacial score (nSPS) is 9.50. The van der Waals surface area contributed by atoms with E-state index in [0.717, 1.165) is 0 Å². The molecule has 0 saturated carbocycles. The Balaban J connectivity index is 3.27. The number of ketones is 1. The average molecular weight is 274 g/mol. The Kier molecular flexibility index (Phi) is 2.97. The van der Waals surface area contributed by atoms with Crippen LogP contribution >= 0.6 is 22.6 Å². The van der Waals surface area contributed by atoms with Crippen LogP contribution in [0.3, 0.4) is 0 Å². The molecule has 0 saturated heterocycles. The molecule has 0 aromatic heterocycles. The van der Waals surface area contributed by atoms with Crippen LogP contribution in [0.15, 0.2) is 24.3 Å². The van der Waals surface area contributed by atoms with Crippen molar-refractivity contribution in [2.24, 2.45) is 0 Å². The van der Waals surface area contributed by atoms with Crippen LogP contribution in [0.1, 0.15) is 27.6 Å². The molecule has 1 aromatic carbocycles. The van der Waals surface area contributed by atoms with Crippen molar-refractivity contribution in [1.29, 1.82) is 0 Å². The first-order valence-corrected chi connectivity index (χ1v) is 4.50. The highest BCUT2D eigenvalue weighted by Crippen LogP contribution is 2.13. The minimum absolute atomic E-state index is 0.0735. The van der Waals surface area contributed by atoms with Gasteiger partial charge in [-0.05, 0) is 13.0 Å². The van der Waals surface area contributed by atoms with Crippen LogP contribution in [0.5, 0.6) is 0 Å². The zero-order chi connectivity index (χ0) is 9.14. The van der Waals surface area contributed by atoms with Crippen molar-refractivity contribution in [3.8, 4) is 0 Å². The van der Waals surface area contributed by atoms with Gasteiger partial charge in [-0.2, -0.15) is 0 Å². The minimum atomic E-state index is -0.0987. The fourth-order valence-corrected chi connectivity index (χ4v) is 1.43. The van der Waals surface area contributed by atoms with Crippen LogP contribution in [-0.4, -0.2) is 9.57 Å². The number of hydrogen-bond acceptors (Lipinski definition) is 2. The monoisotopic (exact) mass is 274 g/mol. The minimum Gasteiger partial charge on any atom is -0.294 e. The SMILES string of the molecule is CC(=O)c1ccccc1C(=O)I. The van der Waals surface area contributed by atoms with E-state index in [1.165, 1.54) is 6.92 Å². The average Bonchev–Trinajstić information content (AvgIpc) is 2.04. The first kappa shape index (κ1) is 9.38. The maximum atomic E-state index is 11.0. The molecule has 0 fully saturated rings. The Morgan fingerprint density at radius 1 is 1.17 bits per heavy atom. The van der Waals surface area contributed by atoms with Gasteiger partial charge in [0.1, 0.15) is 0 Å². The summed E-state index contributed by atoms with van der Waals surface area (Å²) in [5.74, 6) is -0.0735. The van der Waals surface area contributed by atoms with E-state index in [-0.39, 0.29) is 9.57 Å². The molecule has 0 aliphatic heterocycles. The van der Waals surface area contributed by atoms with Gasteiger partial charge in [0.15, 0.2) is 5.78 Å². The van der Waals surface area contributed by atoms with E-state index in [9.17, 15) is 9.59 Å². The smallest absolute Gasteiger partial charge is 0.223 e. The molecule has 0 heterocycles. The van der Waals surface area contributed by atoms with Crippen LogP contribution in [0.25, 0.3) is 0 Å². The molecule has 0 radical (unpaired) electrons. The van der Waals surface area contributed by atoms with Gasteiger partial charge in [-0.25, -0.2) is 0 Å². The van der Waals surface area contributed by atoms with Crippen molar-refractivity contribution in [2.45, 2.75) is 6.92 Å². The lowest BCUT2D eigenvalue weighted by Gasteiger charge is -1.99. The Morgan fingerprint density at radius 2 is 1.67 bits per heavy atom. The summed E-state index contributed by atoms with van der Waals surface area (Å²) in [6.07, 6.45) is 0. The van der Waals surface area contributed by atoms with Gasteiger partial charge in [-0.1, -0.05) is 18.2 Å². The maximum Gasteiger partial charge on any atom is 0.223 e. The molecule has 0 amide bonds. The predicted molar refractivity (Wildman–Crippen MR) is 54.8 cm³/mol. The maximum absolute atomic E-state index is 11.0. The Hall–Kier alpha value is -0.710. The number of carbonyl (C=O) groups excluding carboxylic acids is 2. The second-order valence-electron chi connectivity index (χ2n) is 2.38. The number of benzene rings is 1. The number of halogens is 1. The number of Topliss-reactive ketones (excluding diaryl/α,β-unsaturated/α-hetero) is 1. The van der Waals surface area contributed by atoms with Crippen molar-refractivity contribution < 1.29 is 9.59 Å². The van der Waals surface area contributed by atoms with E-state index in [4.69, 9.17) is 0 Å². The van der Waals surface area contributed by atoms with E-state index in [1.54, 1.807) is 46.9 Å². The second kappa shape index (κ2) is 3.80. The Morgan fingerprint density at radius 3 is 2.00 bits per heavy atom. The summed E-state index contributed by atoms with van der Waals surface area (Å²) in [6.45, 7) is 1.46. The molecule has 1 rings (SSSR count). The van der Waals surface area contributed by atoms with Crippen LogP contribution in [0.4, 0.5) is 0 Å². The molecular formula is C9H7IO2. The van der Waals surface area contributed by atoms with Gasteiger partial charge < -0.3 is 0 Å². The summed E-state index contributed by atoms with van der Waals surface area (Å²) in [4.78, 5) is 22.0. The molecule has 62 valence electrons. The highest BCUT2D eigenvalue weighted by molar-refractivity contribution is 14.1. The lowest BCUT2D eigenvalue weighted by Crippen LogP contribution is -2.00. The lowest BCUT2D eigenvalue weighted by molar-refractivity contribution is 0.100. The molecule has 0 N–H and O–H groups in total. The number of hydrogen-bond donors (Lipinski definition) is 0. The van der Waals surface area contributed by atoms with Gasteiger partial charge in [0.25, 0.3) is 0 Å². The third kappa shape index (κ3) is 1.91. The van der Waals surface area contributed by atoms with Crippen LogP contribution in [0, 0.1) is 0 Å². The molecule has 2 nitrogen and oxygen atoms in total. The highest BCUT2D eigenvalue weighted by Gasteiger charge is 2.09. The lowest BCUT2D eigenvalue weighted by atomic mass is 10.1. The topological polar surface area (TPSA) is 34.1 Å². The quantitative estimate of drug-likeness (QED) is 0.471. The molecule has 0 unspecified atom stereocenters. The van der Waals surface area contributed by atoms with Gasteiger partial charge in [-0.3, -0.25) is 9.59 Å². The molecule has 0 atom stereocenters. The summed E-state index contributed by atoms with van der Waals surface area (Å²) in [5.41, 5.74) is 0.988. The van der Waals surface area contributed by atoms with Crippen LogP contribution in [-0.2, 0) is 0 Å². The molecule has 1 aromatic rings. The summed E-state index contributed by atoms with van der Waals surface area (Å²) in [5, 5.41) is 0. The summed E-state index contributed by atoms with van der Waals surface area (Å²) in [7, 11) is 0. The largest absolute Gasteiger partial charge is 0.294 e. The standard InChI is InChI=1S/C9H7IO2/c1-6(11)7-4-2-3-5-8(7)9(10)12/h2-5H,1H3. The molecule has 12 heavy (non-hydrogen) atoms. The molecular weight excluding hydrogens is 267 g/mol. The van der Waals surface area contributed by atoms with E-state index in [1.807, 2.05) is 0 Å².